The Hall–Kier alpha value is -1.39. The molecule has 28 heavy (non-hydrogen) atoms. The molecule has 3 fully saturated rings. The third-order valence-electron chi connectivity index (χ3n) is 7.66. The number of hydrogen-bond acceptors (Lipinski definition) is 4. The molecule has 1 N–H and O–H groups in total. The van der Waals surface area contributed by atoms with E-state index in [1.807, 2.05) is 0 Å². The van der Waals surface area contributed by atoms with E-state index < -0.39 is 6.09 Å². The van der Waals surface area contributed by atoms with Gasteiger partial charge >= 0.3 is 6.09 Å². The van der Waals surface area contributed by atoms with Crippen LogP contribution in [0.2, 0.25) is 0 Å². The SMILES string of the molecule is CC12CCC(C1)C(C)(C)C2NC(=O)ON=C1CCCCCCCCCCC1=O. The number of amides is 1. The lowest BCUT2D eigenvalue weighted by Crippen LogP contribution is -2.52. The summed E-state index contributed by atoms with van der Waals surface area (Å²) in [5.41, 5.74) is 0.653. The fraction of sp³-hybridized carbons (Fsp3) is 0.870. The molecule has 3 rings (SSSR count). The Labute approximate surface area is 170 Å². The molecule has 158 valence electrons. The number of hydrogen-bond donors (Lipinski definition) is 1. The normalized spacial score (nSPS) is 35.2. The van der Waals surface area contributed by atoms with E-state index >= 15 is 0 Å². The molecule has 0 aromatic carbocycles. The van der Waals surface area contributed by atoms with Gasteiger partial charge in [0.2, 0.25) is 0 Å². The number of carbonyl (C=O) groups is 2. The number of nitrogens with zero attached hydrogens (tertiary/aromatic N) is 1. The molecule has 5 heteroatoms. The molecule has 0 aromatic rings. The molecule has 3 saturated carbocycles. The van der Waals surface area contributed by atoms with Gasteiger partial charge in [0.15, 0.2) is 5.78 Å². The summed E-state index contributed by atoms with van der Waals surface area (Å²) in [6.45, 7) is 6.76. The highest BCUT2D eigenvalue weighted by molar-refractivity contribution is 6.39. The Morgan fingerprint density at radius 2 is 1.61 bits per heavy atom. The van der Waals surface area contributed by atoms with E-state index in [0.29, 0.717) is 24.5 Å². The fourth-order valence-corrected chi connectivity index (χ4v) is 5.92. The van der Waals surface area contributed by atoms with Gasteiger partial charge in [-0.25, -0.2) is 4.79 Å². The molecule has 2 bridgehead atoms. The Morgan fingerprint density at radius 3 is 2.21 bits per heavy atom. The maximum atomic E-state index is 12.5. The number of ketones is 1. The van der Waals surface area contributed by atoms with Gasteiger partial charge in [-0.2, -0.15) is 0 Å². The Kier molecular flexibility index (Phi) is 6.82. The van der Waals surface area contributed by atoms with Crippen LogP contribution in [0.25, 0.3) is 0 Å². The number of oxime groups is 1. The van der Waals surface area contributed by atoms with Gasteiger partial charge < -0.3 is 5.32 Å². The molecule has 0 radical (unpaired) electrons. The summed E-state index contributed by atoms with van der Waals surface area (Å²) in [6, 6.07) is 0.0958. The Balaban J connectivity index is 1.58. The van der Waals surface area contributed by atoms with Gasteiger partial charge in [-0.05, 0) is 55.3 Å². The summed E-state index contributed by atoms with van der Waals surface area (Å²) < 4.78 is 0. The third-order valence-corrected chi connectivity index (χ3v) is 7.66. The van der Waals surface area contributed by atoms with Crippen molar-refractivity contribution in [3.63, 3.8) is 0 Å². The molecular formula is C23H38N2O3. The average Bonchev–Trinajstić information content (AvgIpc) is 3.12. The first-order valence-electron chi connectivity index (χ1n) is 11.4. The number of carbonyl (C=O) groups excluding carboxylic acids is 2. The van der Waals surface area contributed by atoms with Gasteiger partial charge in [0, 0.05) is 12.5 Å². The quantitative estimate of drug-likeness (QED) is 0.481. The lowest BCUT2D eigenvalue weighted by molar-refractivity contribution is -0.113. The first-order chi connectivity index (χ1) is 13.3. The number of fused-ring (bicyclic) bond motifs is 2. The van der Waals surface area contributed by atoms with Gasteiger partial charge in [0.1, 0.15) is 5.71 Å². The molecule has 1 amide bonds. The van der Waals surface area contributed by atoms with E-state index in [9.17, 15) is 9.59 Å². The Bertz CT molecular complexity index is 608. The van der Waals surface area contributed by atoms with Crippen molar-refractivity contribution in [2.75, 3.05) is 0 Å². The number of rotatable bonds is 2. The molecule has 3 aliphatic carbocycles. The predicted octanol–water partition coefficient (Wildman–Crippen LogP) is 5.77. The van der Waals surface area contributed by atoms with Crippen LogP contribution in [0.3, 0.4) is 0 Å². The second-order valence-electron chi connectivity index (χ2n) is 10.2. The van der Waals surface area contributed by atoms with Crippen molar-refractivity contribution in [3.8, 4) is 0 Å². The van der Waals surface area contributed by atoms with Crippen molar-refractivity contribution in [1.29, 1.82) is 0 Å². The van der Waals surface area contributed by atoms with Crippen LogP contribution in [0.1, 0.15) is 104 Å². The second kappa shape index (κ2) is 8.96. The standard InChI is InChI=1S/C23H38N2O3/c1-22(2)17-14-15-23(3,16-17)20(22)24-21(27)28-25-18-12-10-8-6-4-5-7-9-11-13-19(18)26/h17,20H,4-16H2,1-3H3,(H,24,27). The van der Waals surface area contributed by atoms with Gasteiger partial charge in [-0.15, -0.1) is 0 Å². The summed E-state index contributed by atoms with van der Waals surface area (Å²) in [5.74, 6) is 0.697. The van der Waals surface area contributed by atoms with Gasteiger partial charge in [0.25, 0.3) is 0 Å². The zero-order chi connectivity index (χ0) is 20.2. The fourth-order valence-electron chi connectivity index (χ4n) is 5.92. The zero-order valence-corrected chi connectivity index (χ0v) is 18.0. The zero-order valence-electron chi connectivity index (χ0n) is 18.0. The first-order valence-corrected chi connectivity index (χ1v) is 11.4. The van der Waals surface area contributed by atoms with Crippen LogP contribution in [0.5, 0.6) is 0 Å². The van der Waals surface area contributed by atoms with E-state index in [1.54, 1.807) is 0 Å². The molecule has 3 aliphatic rings. The van der Waals surface area contributed by atoms with Crippen molar-refractivity contribution in [2.45, 2.75) is 110 Å². The van der Waals surface area contributed by atoms with Crippen LogP contribution < -0.4 is 5.32 Å². The summed E-state index contributed by atoms with van der Waals surface area (Å²) in [5, 5.41) is 7.11. The monoisotopic (exact) mass is 390 g/mol. The third kappa shape index (κ3) is 4.77. The summed E-state index contributed by atoms with van der Waals surface area (Å²) in [7, 11) is 0. The van der Waals surface area contributed by atoms with Crippen molar-refractivity contribution >= 4 is 17.6 Å². The number of nitrogens with one attached hydrogen (secondary N) is 1. The van der Waals surface area contributed by atoms with Crippen LogP contribution in [0.15, 0.2) is 5.16 Å². The van der Waals surface area contributed by atoms with Gasteiger partial charge in [0.05, 0.1) is 0 Å². The van der Waals surface area contributed by atoms with Crippen LogP contribution >= 0.6 is 0 Å². The molecule has 0 aliphatic heterocycles. The van der Waals surface area contributed by atoms with Crippen LogP contribution in [-0.2, 0) is 9.63 Å². The molecule has 3 unspecified atom stereocenters. The maximum Gasteiger partial charge on any atom is 0.433 e. The van der Waals surface area contributed by atoms with Gasteiger partial charge in [-0.3, -0.25) is 9.63 Å². The van der Waals surface area contributed by atoms with E-state index in [-0.39, 0.29) is 22.7 Å². The molecule has 0 heterocycles. The highest BCUT2D eigenvalue weighted by Gasteiger charge is 2.59. The van der Waals surface area contributed by atoms with Crippen molar-refractivity contribution in [3.05, 3.63) is 0 Å². The number of Topliss-reactive ketones (excluding diaryl/α,β-unsaturated/α-hetero) is 1. The van der Waals surface area contributed by atoms with Crippen molar-refractivity contribution < 1.29 is 14.4 Å². The molecule has 0 spiro atoms. The molecule has 0 aromatic heterocycles. The van der Waals surface area contributed by atoms with E-state index in [4.69, 9.17) is 4.84 Å². The van der Waals surface area contributed by atoms with Crippen LogP contribution in [0.4, 0.5) is 4.79 Å². The molecule has 3 atom stereocenters. The minimum Gasteiger partial charge on any atom is -0.316 e. The minimum atomic E-state index is -0.515. The van der Waals surface area contributed by atoms with Crippen LogP contribution in [0, 0.1) is 16.7 Å². The largest absolute Gasteiger partial charge is 0.433 e. The van der Waals surface area contributed by atoms with Crippen molar-refractivity contribution in [1.82, 2.24) is 5.32 Å². The summed E-state index contributed by atoms with van der Waals surface area (Å²) in [4.78, 5) is 30.2. The average molecular weight is 391 g/mol. The smallest absolute Gasteiger partial charge is 0.316 e. The second-order valence-corrected chi connectivity index (χ2v) is 10.2. The maximum absolute atomic E-state index is 12.5. The lowest BCUT2D eigenvalue weighted by Gasteiger charge is -2.42. The molecular weight excluding hydrogens is 352 g/mol. The minimum absolute atomic E-state index is 0.0422. The highest BCUT2D eigenvalue weighted by atomic mass is 16.7. The Morgan fingerprint density at radius 1 is 1.00 bits per heavy atom. The lowest BCUT2D eigenvalue weighted by atomic mass is 9.68. The predicted molar refractivity (Wildman–Crippen MR) is 111 cm³/mol. The van der Waals surface area contributed by atoms with E-state index in [1.165, 1.54) is 32.1 Å². The molecule has 0 saturated heterocycles. The van der Waals surface area contributed by atoms with E-state index in [0.717, 1.165) is 38.5 Å². The van der Waals surface area contributed by atoms with Crippen LogP contribution in [-0.4, -0.2) is 23.6 Å². The highest BCUT2D eigenvalue weighted by Crippen LogP contribution is 2.62. The van der Waals surface area contributed by atoms with Gasteiger partial charge in [-0.1, -0.05) is 64.5 Å². The molecule has 5 nitrogen and oxygen atoms in total. The summed E-state index contributed by atoms with van der Waals surface area (Å²) >= 11 is 0. The summed E-state index contributed by atoms with van der Waals surface area (Å²) in [6.07, 6.45) is 13.2. The van der Waals surface area contributed by atoms with Crippen molar-refractivity contribution in [2.24, 2.45) is 21.9 Å². The topological polar surface area (TPSA) is 67.8 Å². The first kappa shape index (κ1) is 21.3. The van der Waals surface area contributed by atoms with E-state index in [2.05, 4.69) is 31.2 Å².